The van der Waals surface area contributed by atoms with E-state index in [9.17, 15) is 22.8 Å². The van der Waals surface area contributed by atoms with Gasteiger partial charge in [-0.3, -0.25) is 4.79 Å². The number of nitrogens with one attached hydrogen (secondary N) is 1. The molecule has 10 heteroatoms. The van der Waals surface area contributed by atoms with E-state index in [1.807, 2.05) is 0 Å². The minimum Gasteiger partial charge on any atom is -0.465 e. The number of H-pyrrole nitrogens is 1. The molecule has 0 saturated heterocycles. The topological polar surface area (TPSA) is 84.8 Å². The molecular formula is C19H17F3N2O5. The normalized spacial score (nSPS) is 11.5. The molecule has 3 aromatic rings. The molecule has 2 aromatic heterocycles. The van der Waals surface area contributed by atoms with Crippen LogP contribution in [0.2, 0.25) is 0 Å². The first kappa shape index (κ1) is 20.3. The van der Waals surface area contributed by atoms with E-state index in [-0.39, 0.29) is 23.6 Å². The van der Waals surface area contributed by atoms with Gasteiger partial charge in [0.1, 0.15) is 28.5 Å². The number of aromatic amines is 1. The van der Waals surface area contributed by atoms with Crippen molar-refractivity contribution in [1.29, 1.82) is 0 Å². The summed E-state index contributed by atoms with van der Waals surface area (Å²) in [6, 6.07) is 6.78. The number of carbonyl (C=O) groups is 2. The first-order valence-electron chi connectivity index (χ1n) is 8.39. The van der Waals surface area contributed by atoms with Crippen LogP contribution < -0.4 is 4.74 Å². The third-order valence-electron chi connectivity index (χ3n) is 4.17. The van der Waals surface area contributed by atoms with Crippen molar-refractivity contribution in [3.05, 3.63) is 53.1 Å². The van der Waals surface area contributed by atoms with Crippen LogP contribution in [0, 0.1) is 6.92 Å². The minimum atomic E-state index is -4.80. The van der Waals surface area contributed by atoms with E-state index in [0.717, 1.165) is 6.07 Å². The molecule has 0 bridgehead atoms. The van der Waals surface area contributed by atoms with Gasteiger partial charge in [-0.25, -0.2) is 4.79 Å². The van der Waals surface area contributed by atoms with Crippen molar-refractivity contribution in [2.75, 3.05) is 14.2 Å². The van der Waals surface area contributed by atoms with Crippen molar-refractivity contribution in [1.82, 2.24) is 9.88 Å². The lowest BCUT2D eigenvalue weighted by atomic mass is 10.2. The number of benzene rings is 1. The number of alkyl halides is 3. The van der Waals surface area contributed by atoms with Crippen molar-refractivity contribution < 1.29 is 36.7 Å². The highest BCUT2D eigenvalue weighted by Gasteiger charge is 2.31. The van der Waals surface area contributed by atoms with Gasteiger partial charge in [-0.05, 0) is 31.2 Å². The highest BCUT2D eigenvalue weighted by Crippen LogP contribution is 2.27. The predicted octanol–water partition coefficient (Wildman–Crippen LogP) is 4.03. The van der Waals surface area contributed by atoms with E-state index in [1.54, 1.807) is 6.92 Å². The number of halogens is 3. The van der Waals surface area contributed by atoms with E-state index in [4.69, 9.17) is 4.42 Å². The molecule has 154 valence electrons. The number of aromatic nitrogens is 1. The number of amides is 1. The number of ether oxygens (including phenoxy) is 2. The summed E-state index contributed by atoms with van der Waals surface area (Å²) in [7, 11) is 2.78. The molecule has 0 radical (unpaired) electrons. The maximum absolute atomic E-state index is 12.7. The van der Waals surface area contributed by atoms with Gasteiger partial charge in [-0.1, -0.05) is 0 Å². The molecule has 1 aromatic carbocycles. The van der Waals surface area contributed by atoms with Gasteiger partial charge in [-0.15, -0.1) is 13.2 Å². The molecule has 0 aliphatic rings. The number of fused-ring (bicyclic) bond motifs is 1. The summed E-state index contributed by atoms with van der Waals surface area (Å²) in [5.74, 6) is -0.584. The van der Waals surface area contributed by atoms with Gasteiger partial charge in [0, 0.05) is 24.0 Å². The zero-order valence-corrected chi connectivity index (χ0v) is 15.7. The van der Waals surface area contributed by atoms with Gasteiger partial charge in [-0.2, -0.15) is 0 Å². The molecule has 0 aliphatic carbocycles. The maximum atomic E-state index is 12.7. The highest BCUT2D eigenvalue weighted by atomic mass is 19.4. The summed E-state index contributed by atoms with van der Waals surface area (Å²) in [6.45, 7) is 1.68. The number of aryl methyl sites for hydroxylation is 1. The second kappa shape index (κ2) is 7.53. The van der Waals surface area contributed by atoms with E-state index < -0.39 is 18.2 Å². The number of hydrogen-bond donors (Lipinski definition) is 1. The Morgan fingerprint density at radius 1 is 1.21 bits per heavy atom. The molecule has 0 saturated carbocycles. The van der Waals surface area contributed by atoms with Crippen LogP contribution in [0.5, 0.6) is 5.75 Å². The lowest BCUT2D eigenvalue weighted by Gasteiger charge is -2.14. The molecule has 0 aliphatic heterocycles. The zero-order chi connectivity index (χ0) is 21.3. The van der Waals surface area contributed by atoms with Gasteiger partial charge in [0.2, 0.25) is 0 Å². The first-order chi connectivity index (χ1) is 13.6. The molecule has 29 heavy (non-hydrogen) atoms. The zero-order valence-electron chi connectivity index (χ0n) is 15.7. The Labute approximate surface area is 163 Å². The quantitative estimate of drug-likeness (QED) is 0.642. The molecule has 0 atom stereocenters. The largest absolute Gasteiger partial charge is 0.573 e. The van der Waals surface area contributed by atoms with Crippen molar-refractivity contribution in [3.8, 4) is 5.75 Å². The lowest BCUT2D eigenvalue weighted by molar-refractivity contribution is -0.274. The predicted molar refractivity (Wildman–Crippen MR) is 95.6 cm³/mol. The molecule has 2 heterocycles. The van der Waals surface area contributed by atoms with Gasteiger partial charge in [0.15, 0.2) is 0 Å². The van der Waals surface area contributed by atoms with Crippen LogP contribution in [0.3, 0.4) is 0 Å². The summed E-state index contributed by atoms with van der Waals surface area (Å²) in [5.41, 5.74) is 0.777. The average Bonchev–Trinajstić information content (AvgIpc) is 3.21. The fourth-order valence-corrected chi connectivity index (χ4v) is 2.86. The Morgan fingerprint density at radius 3 is 2.59 bits per heavy atom. The number of nitrogens with zero attached hydrogens (tertiary/aromatic N) is 1. The van der Waals surface area contributed by atoms with Crippen LogP contribution in [-0.2, 0) is 11.3 Å². The number of hydrogen-bond acceptors (Lipinski definition) is 5. The summed E-state index contributed by atoms with van der Waals surface area (Å²) < 4.78 is 51.1. The average molecular weight is 410 g/mol. The number of rotatable bonds is 5. The molecule has 0 unspecified atom stereocenters. The van der Waals surface area contributed by atoms with Crippen LogP contribution in [0.25, 0.3) is 10.9 Å². The fourth-order valence-electron chi connectivity index (χ4n) is 2.86. The Hall–Kier alpha value is -3.43. The molecule has 1 N–H and O–H groups in total. The summed E-state index contributed by atoms with van der Waals surface area (Å²) in [4.78, 5) is 28.5. The number of esters is 1. The standard InChI is InChI=1S/C19H17F3N2O5/c1-10-14(18(26)27-3)7-13(28-10)9-24(2)17(25)16-6-11-4-5-12(8-15(11)23-16)29-19(20,21)22/h4-8,23H,9H2,1-3H3. The number of carbonyl (C=O) groups excluding carboxylic acids is 2. The van der Waals surface area contributed by atoms with Crippen LogP contribution in [0.15, 0.2) is 34.7 Å². The monoisotopic (exact) mass is 410 g/mol. The smallest absolute Gasteiger partial charge is 0.465 e. The molecule has 0 spiro atoms. The van der Waals surface area contributed by atoms with Gasteiger partial charge < -0.3 is 23.8 Å². The summed E-state index contributed by atoms with van der Waals surface area (Å²) >= 11 is 0. The number of methoxy groups -OCH3 is 1. The van der Waals surface area contributed by atoms with Crippen molar-refractivity contribution in [2.24, 2.45) is 0 Å². The van der Waals surface area contributed by atoms with Crippen molar-refractivity contribution in [2.45, 2.75) is 19.8 Å². The Kier molecular flexibility index (Phi) is 5.27. The van der Waals surface area contributed by atoms with E-state index in [2.05, 4.69) is 14.5 Å². The van der Waals surface area contributed by atoms with Crippen molar-refractivity contribution >= 4 is 22.8 Å². The molecule has 3 rings (SSSR count). The van der Waals surface area contributed by atoms with E-state index in [1.165, 1.54) is 43.3 Å². The minimum absolute atomic E-state index is 0.0778. The maximum Gasteiger partial charge on any atom is 0.573 e. The fraction of sp³-hybridized carbons (Fsp3) is 0.263. The molecule has 1 amide bonds. The third kappa shape index (κ3) is 4.53. The van der Waals surface area contributed by atoms with Crippen LogP contribution >= 0.6 is 0 Å². The van der Waals surface area contributed by atoms with Gasteiger partial charge in [0.25, 0.3) is 5.91 Å². The van der Waals surface area contributed by atoms with E-state index in [0.29, 0.717) is 22.4 Å². The third-order valence-corrected chi connectivity index (χ3v) is 4.17. The Morgan fingerprint density at radius 2 is 1.93 bits per heavy atom. The first-order valence-corrected chi connectivity index (χ1v) is 8.39. The second-order valence-corrected chi connectivity index (χ2v) is 6.32. The van der Waals surface area contributed by atoms with Gasteiger partial charge >= 0.3 is 12.3 Å². The Balaban J connectivity index is 1.77. The summed E-state index contributed by atoms with van der Waals surface area (Å²) in [6.07, 6.45) is -4.80. The second-order valence-electron chi connectivity index (χ2n) is 6.32. The van der Waals surface area contributed by atoms with Crippen LogP contribution in [0.4, 0.5) is 13.2 Å². The SMILES string of the molecule is COC(=O)c1cc(CN(C)C(=O)c2cc3ccc(OC(F)(F)F)cc3[nH]2)oc1C. The Bertz CT molecular complexity index is 1070. The molecule has 0 fully saturated rings. The van der Waals surface area contributed by atoms with Gasteiger partial charge in [0.05, 0.1) is 13.7 Å². The van der Waals surface area contributed by atoms with Crippen molar-refractivity contribution in [3.63, 3.8) is 0 Å². The number of furan rings is 1. The molecule has 7 nitrogen and oxygen atoms in total. The summed E-state index contributed by atoms with van der Waals surface area (Å²) in [5, 5.41) is 0.554. The lowest BCUT2D eigenvalue weighted by Crippen LogP contribution is -2.26. The van der Waals surface area contributed by atoms with Crippen LogP contribution in [0.1, 0.15) is 32.4 Å². The highest BCUT2D eigenvalue weighted by molar-refractivity contribution is 5.98. The van der Waals surface area contributed by atoms with E-state index >= 15 is 0 Å². The molecular weight excluding hydrogens is 393 g/mol. The van der Waals surface area contributed by atoms with Crippen LogP contribution in [-0.4, -0.2) is 42.3 Å².